The summed E-state index contributed by atoms with van der Waals surface area (Å²) in [6.45, 7) is 1.51. The van der Waals surface area contributed by atoms with Gasteiger partial charge in [-0.3, -0.25) is 9.59 Å². The Bertz CT molecular complexity index is 868. The van der Waals surface area contributed by atoms with Gasteiger partial charge in [0.15, 0.2) is 0 Å². The van der Waals surface area contributed by atoms with Crippen LogP contribution < -0.4 is 0 Å². The van der Waals surface area contributed by atoms with Gasteiger partial charge in [-0.15, -0.1) is 0 Å². The first kappa shape index (κ1) is 18.9. The highest BCUT2D eigenvalue weighted by Crippen LogP contribution is 2.34. The lowest BCUT2D eigenvalue weighted by Crippen LogP contribution is -2.30. The van der Waals surface area contributed by atoms with E-state index in [0.717, 1.165) is 17.7 Å². The molecule has 1 N–H and O–H groups in total. The van der Waals surface area contributed by atoms with E-state index in [1.54, 1.807) is 24.3 Å². The molecule has 1 aromatic carbocycles. The largest absolute Gasteiger partial charge is 0.481 e. The Balaban J connectivity index is 1.87. The third-order valence-corrected chi connectivity index (χ3v) is 4.76. The molecule has 0 radical (unpaired) electrons. The van der Waals surface area contributed by atoms with Gasteiger partial charge in [-0.2, -0.15) is 13.2 Å². The molecule has 2 aromatic rings. The maximum absolute atomic E-state index is 12.8. The minimum atomic E-state index is -4.59. The number of rotatable bonds is 3. The highest BCUT2D eigenvalue weighted by atomic mass is 19.4. The van der Waals surface area contributed by atoms with Crippen molar-refractivity contribution in [3.05, 3.63) is 65.0 Å². The lowest BCUT2D eigenvalue weighted by Gasteiger charge is -2.18. The van der Waals surface area contributed by atoms with Gasteiger partial charge < -0.3 is 10.0 Å². The number of pyridine rings is 1. The minimum absolute atomic E-state index is 0.00576. The molecular formula is C19H17F3N2O3. The van der Waals surface area contributed by atoms with Crippen LogP contribution in [0.25, 0.3) is 0 Å². The van der Waals surface area contributed by atoms with Crippen LogP contribution in [-0.2, 0) is 11.0 Å². The molecule has 8 heteroatoms. The number of halogens is 3. The highest BCUT2D eigenvalue weighted by Gasteiger charge is 2.41. The third-order valence-electron chi connectivity index (χ3n) is 4.76. The van der Waals surface area contributed by atoms with Gasteiger partial charge in [-0.25, -0.2) is 4.98 Å². The number of carbonyl (C=O) groups excluding carboxylic acids is 1. The van der Waals surface area contributed by atoms with E-state index in [-0.39, 0.29) is 30.3 Å². The van der Waals surface area contributed by atoms with Crippen molar-refractivity contribution < 1.29 is 27.9 Å². The van der Waals surface area contributed by atoms with Gasteiger partial charge >= 0.3 is 12.1 Å². The smallest absolute Gasteiger partial charge is 0.433 e. The maximum Gasteiger partial charge on any atom is 0.433 e. The van der Waals surface area contributed by atoms with Gasteiger partial charge in [0, 0.05) is 19.0 Å². The van der Waals surface area contributed by atoms with Gasteiger partial charge in [0.25, 0.3) is 5.91 Å². The Hall–Kier alpha value is -2.90. The molecule has 0 spiro atoms. The van der Waals surface area contributed by atoms with Crippen LogP contribution in [0.15, 0.2) is 42.5 Å². The molecule has 1 aromatic heterocycles. The van der Waals surface area contributed by atoms with Crippen LogP contribution in [0.1, 0.15) is 33.2 Å². The fourth-order valence-corrected chi connectivity index (χ4v) is 3.37. The normalized spacial score (nSPS) is 19.9. The summed E-state index contributed by atoms with van der Waals surface area (Å²) in [6, 6.07) is 10.9. The zero-order valence-electron chi connectivity index (χ0n) is 14.4. The second-order valence-electron chi connectivity index (χ2n) is 6.50. The average Bonchev–Trinajstić information content (AvgIpc) is 3.07. The van der Waals surface area contributed by atoms with E-state index < -0.39 is 29.7 Å². The molecule has 2 atom stereocenters. The quantitative estimate of drug-likeness (QED) is 0.889. The van der Waals surface area contributed by atoms with Gasteiger partial charge in [-0.1, -0.05) is 30.3 Å². The van der Waals surface area contributed by atoms with Crippen LogP contribution in [0.5, 0.6) is 0 Å². The molecule has 1 aliphatic heterocycles. The van der Waals surface area contributed by atoms with Crippen LogP contribution in [0.2, 0.25) is 0 Å². The lowest BCUT2D eigenvalue weighted by atomic mass is 9.89. The fourth-order valence-electron chi connectivity index (χ4n) is 3.37. The number of likely N-dealkylation sites (tertiary alicyclic amines) is 1. The molecule has 1 amide bonds. The van der Waals surface area contributed by atoms with Crippen LogP contribution in [0.3, 0.4) is 0 Å². The summed E-state index contributed by atoms with van der Waals surface area (Å²) >= 11 is 0. The zero-order chi connectivity index (χ0) is 19.8. The minimum Gasteiger partial charge on any atom is -0.481 e. The van der Waals surface area contributed by atoms with Gasteiger partial charge in [0.05, 0.1) is 17.2 Å². The molecule has 0 unspecified atom stereocenters. The first-order chi connectivity index (χ1) is 12.7. The van der Waals surface area contributed by atoms with Crippen molar-refractivity contribution in [1.29, 1.82) is 0 Å². The van der Waals surface area contributed by atoms with Crippen LogP contribution in [-0.4, -0.2) is 40.0 Å². The van der Waals surface area contributed by atoms with E-state index in [1.807, 2.05) is 6.07 Å². The van der Waals surface area contributed by atoms with Crippen molar-refractivity contribution in [3.8, 4) is 0 Å². The van der Waals surface area contributed by atoms with E-state index >= 15 is 0 Å². The topological polar surface area (TPSA) is 70.5 Å². The molecule has 142 valence electrons. The molecule has 1 saturated heterocycles. The van der Waals surface area contributed by atoms with E-state index in [0.29, 0.717) is 0 Å². The predicted octanol–water partition coefficient (Wildman–Crippen LogP) is 3.35. The maximum atomic E-state index is 12.8. The standard InChI is InChI=1S/C19H17F3N2O3/c1-11-13(7-8-16(23-11)19(20,21)22)17(25)24-9-14(15(10-24)18(26)27)12-5-3-2-4-6-12/h2-8,14-15H,9-10H2,1H3,(H,26,27)/t14-,15-/m0/s1. The summed E-state index contributed by atoms with van der Waals surface area (Å²) in [5, 5.41) is 9.52. The van der Waals surface area contributed by atoms with E-state index in [4.69, 9.17) is 0 Å². The number of amides is 1. The number of benzene rings is 1. The van der Waals surface area contributed by atoms with Gasteiger partial charge in [0.2, 0.25) is 0 Å². The Kier molecular flexibility index (Phi) is 4.91. The average molecular weight is 378 g/mol. The van der Waals surface area contributed by atoms with Crippen molar-refractivity contribution in [3.63, 3.8) is 0 Å². The number of carboxylic acid groups (broad SMARTS) is 1. The molecule has 1 fully saturated rings. The summed E-state index contributed by atoms with van der Waals surface area (Å²) in [5.74, 6) is -2.69. The summed E-state index contributed by atoms with van der Waals surface area (Å²) < 4.78 is 38.3. The van der Waals surface area contributed by atoms with Crippen molar-refractivity contribution in [2.45, 2.75) is 19.0 Å². The Morgan fingerprint density at radius 2 is 1.78 bits per heavy atom. The number of alkyl halides is 3. The van der Waals surface area contributed by atoms with E-state index in [2.05, 4.69) is 4.98 Å². The highest BCUT2D eigenvalue weighted by molar-refractivity contribution is 5.96. The zero-order valence-corrected chi connectivity index (χ0v) is 14.4. The van der Waals surface area contributed by atoms with E-state index in [9.17, 15) is 27.9 Å². The molecule has 27 heavy (non-hydrogen) atoms. The van der Waals surface area contributed by atoms with Crippen molar-refractivity contribution in [2.24, 2.45) is 5.92 Å². The SMILES string of the molecule is Cc1nc(C(F)(F)F)ccc1C(=O)N1C[C@H](C(=O)O)[C@H](c2ccccc2)C1. The van der Waals surface area contributed by atoms with Gasteiger partial charge in [-0.05, 0) is 24.6 Å². The first-order valence-corrected chi connectivity index (χ1v) is 8.30. The molecule has 3 rings (SSSR count). The van der Waals surface area contributed by atoms with Crippen molar-refractivity contribution in [1.82, 2.24) is 9.88 Å². The number of nitrogens with zero attached hydrogens (tertiary/aromatic N) is 2. The number of hydrogen-bond acceptors (Lipinski definition) is 3. The monoisotopic (exact) mass is 378 g/mol. The lowest BCUT2D eigenvalue weighted by molar-refractivity contribution is -0.142. The van der Waals surface area contributed by atoms with Crippen molar-refractivity contribution >= 4 is 11.9 Å². The molecule has 5 nitrogen and oxygen atoms in total. The first-order valence-electron chi connectivity index (χ1n) is 8.30. The Labute approximate surface area is 153 Å². The van der Waals surface area contributed by atoms with Crippen LogP contribution in [0, 0.1) is 12.8 Å². The molecule has 2 heterocycles. The Morgan fingerprint density at radius 1 is 1.11 bits per heavy atom. The molecule has 0 bridgehead atoms. The third kappa shape index (κ3) is 3.79. The molecule has 0 aliphatic carbocycles. The second kappa shape index (κ2) is 7.02. The summed E-state index contributed by atoms with van der Waals surface area (Å²) in [6.07, 6.45) is -4.59. The number of carbonyl (C=O) groups is 2. The number of aromatic nitrogens is 1. The number of carboxylic acids is 1. The number of aliphatic carboxylic acids is 1. The second-order valence-corrected chi connectivity index (χ2v) is 6.50. The molecule has 1 aliphatic rings. The fraction of sp³-hybridized carbons (Fsp3) is 0.316. The molecular weight excluding hydrogens is 361 g/mol. The summed E-state index contributed by atoms with van der Waals surface area (Å²) in [7, 11) is 0. The van der Waals surface area contributed by atoms with E-state index in [1.165, 1.54) is 11.8 Å². The van der Waals surface area contributed by atoms with Crippen LogP contribution >= 0.6 is 0 Å². The summed E-state index contributed by atoms with van der Waals surface area (Å²) in [4.78, 5) is 29.3. The molecule has 0 saturated carbocycles. The van der Waals surface area contributed by atoms with Gasteiger partial charge in [0.1, 0.15) is 5.69 Å². The Morgan fingerprint density at radius 3 is 2.33 bits per heavy atom. The summed E-state index contributed by atoms with van der Waals surface area (Å²) in [5.41, 5.74) is -0.253. The van der Waals surface area contributed by atoms with Crippen molar-refractivity contribution in [2.75, 3.05) is 13.1 Å². The predicted molar refractivity (Wildman–Crippen MR) is 90.2 cm³/mol. The number of hydrogen-bond donors (Lipinski definition) is 1. The number of aryl methyl sites for hydroxylation is 1. The van der Waals surface area contributed by atoms with Crippen LogP contribution in [0.4, 0.5) is 13.2 Å².